The van der Waals surface area contributed by atoms with E-state index in [0.717, 1.165) is 26.2 Å². The van der Waals surface area contributed by atoms with E-state index >= 15 is 0 Å². The van der Waals surface area contributed by atoms with Crippen LogP contribution < -0.4 is 5.32 Å². The topological polar surface area (TPSA) is 21.3 Å². The first-order chi connectivity index (χ1) is 7.34. The molecule has 0 atom stereocenters. The summed E-state index contributed by atoms with van der Waals surface area (Å²) in [6.45, 7) is 8.09. The third kappa shape index (κ3) is 4.66. The molecule has 15 heavy (non-hydrogen) atoms. The van der Waals surface area contributed by atoms with Gasteiger partial charge in [0, 0.05) is 12.2 Å². The van der Waals surface area contributed by atoms with Crippen molar-refractivity contribution < 1.29 is 4.74 Å². The highest BCUT2D eigenvalue weighted by Gasteiger charge is 1.94. The summed E-state index contributed by atoms with van der Waals surface area (Å²) in [6.07, 6.45) is 2.79. The van der Waals surface area contributed by atoms with Crippen molar-refractivity contribution in [1.29, 1.82) is 0 Å². The Balaban J connectivity index is 2.15. The molecule has 82 valence electrons. The van der Waals surface area contributed by atoms with Crippen LogP contribution >= 0.6 is 0 Å². The Labute approximate surface area is 92.0 Å². The second-order valence-electron chi connectivity index (χ2n) is 3.43. The fourth-order valence-corrected chi connectivity index (χ4v) is 1.30. The van der Waals surface area contributed by atoms with Crippen LogP contribution in [0, 0.1) is 6.92 Å². The standard InChI is InChI=1S/C13H19NO/c1-3-4-10-15-11-9-14-13-8-6-5-7-12(13)2/h3,5-8,14H,1,4,9-11H2,2H3. The molecule has 0 heterocycles. The van der Waals surface area contributed by atoms with Crippen LogP contribution in [0.3, 0.4) is 0 Å². The number of para-hydroxylation sites is 1. The quantitative estimate of drug-likeness (QED) is 0.546. The van der Waals surface area contributed by atoms with E-state index < -0.39 is 0 Å². The predicted molar refractivity (Wildman–Crippen MR) is 65.3 cm³/mol. The zero-order valence-corrected chi connectivity index (χ0v) is 9.33. The van der Waals surface area contributed by atoms with Crippen molar-refractivity contribution in [3.8, 4) is 0 Å². The van der Waals surface area contributed by atoms with Gasteiger partial charge in [-0.2, -0.15) is 0 Å². The third-order valence-electron chi connectivity index (χ3n) is 2.17. The van der Waals surface area contributed by atoms with Crippen molar-refractivity contribution in [3.05, 3.63) is 42.5 Å². The Morgan fingerprint density at radius 3 is 2.87 bits per heavy atom. The van der Waals surface area contributed by atoms with Gasteiger partial charge >= 0.3 is 0 Å². The van der Waals surface area contributed by atoms with Crippen molar-refractivity contribution >= 4 is 5.69 Å². The Bertz CT molecular complexity index is 296. The van der Waals surface area contributed by atoms with Crippen molar-refractivity contribution in [2.45, 2.75) is 13.3 Å². The van der Waals surface area contributed by atoms with Crippen LogP contribution in [0.15, 0.2) is 36.9 Å². The molecule has 0 spiro atoms. The Kier molecular flexibility index (Phi) is 5.56. The molecule has 0 amide bonds. The molecule has 0 unspecified atom stereocenters. The van der Waals surface area contributed by atoms with Crippen LogP contribution in [-0.2, 0) is 4.74 Å². The Hall–Kier alpha value is -1.28. The van der Waals surface area contributed by atoms with Gasteiger partial charge in [-0.05, 0) is 25.0 Å². The average molecular weight is 205 g/mol. The van der Waals surface area contributed by atoms with E-state index in [-0.39, 0.29) is 0 Å². The number of benzene rings is 1. The average Bonchev–Trinajstić information content (AvgIpc) is 2.25. The van der Waals surface area contributed by atoms with Gasteiger partial charge < -0.3 is 10.1 Å². The number of ether oxygens (including phenoxy) is 1. The van der Waals surface area contributed by atoms with Gasteiger partial charge in [-0.3, -0.25) is 0 Å². The predicted octanol–water partition coefficient (Wildman–Crippen LogP) is 3.00. The van der Waals surface area contributed by atoms with E-state index in [1.54, 1.807) is 0 Å². The fraction of sp³-hybridized carbons (Fsp3) is 0.385. The van der Waals surface area contributed by atoms with Gasteiger partial charge in [0.1, 0.15) is 0 Å². The van der Waals surface area contributed by atoms with Gasteiger partial charge in [-0.15, -0.1) is 6.58 Å². The first-order valence-electron chi connectivity index (χ1n) is 5.32. The molecule has 0 saturated heterocycles. The molecule has 0 aliphatic rings. The highest BCUT2D eigenvalue weighted by atomic mass is 16.5. The number of hydrogen-bond donors (Lipinski definition) is 1. The summed E-state index contributed by atoms with van der Waals surface area (Å²) in [4.78, 5) is 0. The van der Waals surface area contributed by atoms with Gasteiger partial charge in [0.2, 0.25) is 0 Å². The van der Waals surface area contributed by atoms with E-state index in [2.05, 4.69) is 31.0 Å². The second kappa shape index (κ2) is 7.07. The number of nitrogens with one attached hydrogen (secondary N) is 1. The van der Waals surface area contributed by atoms with Gasteiger partial charge in [-0.1, -0.05) is 24.3 Å². The molecule has 0 aliphatic carbocycles. The lowest BCUT2D eigenvalue weighted by Crippen LogP contribution is -2.10. The molecule has 2 heteroatoms. The maximum atomic E-state index is 5.40. The van der Waals surface area contributed by atoms with Gasteiger partial charge in [0.05, 0.1) is 13.2 Å². The molecule has 1 aromatic carbocycles. The summed E-state index contributed by atoms with van der Waals surface area (Å²) >= 11 is 0. The van der Waals surface area contributed by atoms with Crippen molar-refractivity contribution in [2.75, 3.05) is 25.1 Å². The number of aryl methyl sites for hydroxylation is 1. The largest absolute Gasteiger partial charge is 0.383 e. The Morgan fingerprint density at radius 1 is 1.33 bits per heavy atom. The monoisotopic (exact) mass is 205 g/mol. The number of anilines is 1. The lowest BCUT2D eigenvalue weighted by atomic mass is 10.2. The second-order valence-corrected chi connectivity index (χ2v) is 3.43. The smallest absolute Gasteiger partial charge is 0.0639 e. The van der Waals surface area contributed by atoms with E-state index in [1.165, 1.54) is 11.3 Å². The summed E-state index contributed by atoms with van der Waals surface area (Å²) in [5.74, 6) is 0. The van der Waals surface area contributed by atoms with Crippen molar-refractivity contribution in [2.24, 2.45) is 0 Å². The fourth-order valence-electron chi connectivity index (χ4n) is 1.30. The van der Waals surface area contributed by atoms with E-state index in [0.29, 0.717) is 0 Å². The zero-order chi connectivity index (χ0) is 10.9. The van der Waals surface area contributed by atoms with Gasteiger partial charge in [0.25, 0.3) is 0 Å². The normalized spacial score (nSPS) is 9.93. The number of rotatable bonds is 7. The van der Waals surface area contributed by atoms with Crippen LogP contribution in [-0.4, -0.2) is 19.8 Å². The maximum Gasteiger partial charge on any atom is 0.0639 e. The molecule has 1 aromatic rings. The highest BCUT2D eigenvalue weighted by Crippen LogP contribution is 2.12. The molecule has 1 N–H and O–H groups in total. The molecular weight excluding hydrogens is 186 g/mol. The minimum Gasteiger partial charge on any atom is -0.383 e. The van der Waals surface area contributed by atoms with Crippen LogP contribution in [0.4, 0.5) is 5.69 Å². The lowest BCUT2D eigenvalue weighted by Gasteiger charge is -2.09. The maximum absolute atomic E-state index is 5.40. The molecule has 0 saturated carbocycles. The SMILES string of the molecule is C=CCCOCCNc1ccccc1C. The van der Waals surface area contributed by atoms with Crippen LogP contribution in [0.1, 0.15) is 12.0 Å². The van der Waals surface area contributed by atoms with Crippen LogP contribution in [0.25, 0.3) is 0 Å². The molecule has 0 bridgehead atoms. The van der Waals surface area contributed by atoms with E-state index in [9.17, 15) is 0 Å². The molecule has 0 aromatic heterocycles. The molecular formula is C13H19NO. The molecule has 1 rings (SSSR count). The summed E-state index contributed by atoms with van der Waals surface area (Å²) < 4.78 is 5.40. The minimum absolute atomic E-state index is 0.738. The van der Waals surface area contributed by atoms with Crippen molar-refractivity contribution in [1.82, 2.24) is 0 Å². The summed E-state index contributed by atoms with van der Waals surface area (Å²) in [6, 6.07) is 8.26. The molecule has 2 nitrogen and oxygen atoms in total. The molecule has 0 aliphatic heterocycles. The van der Waals surface area contributed by atoms with Crippen molar-refractivity contribution in [3.63, 3.8) is 0 Å². The lowest BCUT2D eigenvalue weighted by molar-refractivity contribution is 0.149. The first kappa shape index (κ1) is 11.8. The Morgan fingerprint density at radius 2 is 2.13 bits per heavy atom. The molecule has 0 fully saturated rings. The van der Waals surface area contributed by atoms with Crippen LogP contribution in [0.5, 0.6) is 0 Å². The van der Waals surface area contributed by atoms with Crippen LogP contribution in [0.2, 0.25) is 0 Å². The summed E-state index contributed by atoms with van der Waals surface area (Å²) in [5.41, 5.74) is 2.45. The minimum atomic E-state index is 0.738. The zero-order valence-electron chi connectivity index (χ0n) is 9.33. The van der Waals surface area contributed by atoms with E-state index in [1.807, 2.05) is 18.2 Å². The molecule has 0 radical (unpaired) electrons. The number of hydrogen-bond acceptors (Lipinski definition) is 2. The summed E-state index contributed by atoms with van der Waals surface area (Å²) in [7, 11) is 0. The van der Waals surface area contributed by atoms with Gasteiger partial charge in [0.15, 0.2) is 0 Å². The summed E-state index contributed by atoms with van der Waals surface area (Å²) in [5, 5.41) is 3.34. The highest BCUT2D eigenvalue weighted by molar-refractivity contribution is 5.50. The van der Waals surface area contributed by atoms with Gasteiger partial charge in [-0.25, -0.2) is 0 Å². The third-order valence-corrected chi connectivity index (χ3v) is 2.17. The first-order valence-corrected chi connectivity index (χ1v) is 5.32. The van der Waals surface area contributed by atoms with E-state index in [4.69, 9.17) is 4.74 Å².